The summed E-state index contributed by atoms with van der Waals surface area (Å²) in [6.45, 7) is 2.72. The average molecular weight is 252 g/mol. The molecule has 0 aliphatic carbocycles. The molecule has 18 heavy (non-hydrogen) atoms. The van der Waals surface area contributed by atoms with Gasteiger partial charge < -0.3 is 19.3 Å². The van der Waals surface area contributed by atoms with Crippen LogP contribution < -0.4 is 4.74 Å². The first-order valence-electron chi connectivity index (χ1n) is 6.23. The van der Waals surface area contributed by atoms with Crippen LogP contribution in [0.5, 0.6) is 5.75 Å². The number of benzene rings is 1. The summed E-state index contributed by atoms with van der Waals surface area (Å²) in [6, 6.07) is 7.84. The number of aliphatic hydroxyl groups excluding tert-OH is 1. The smallest absolute Gasteiger partial charge is 0.118 e. The predicted molar refractivity (Wildman–Crippen MR) is 67.6 cm³/mol. The number of aliphatic hydroxyl groups is 1. The van der Waals surface area contributed by atoms with E-state index in [1.54, 1.807) is 7.11 Å². The number of hydrogen-bond donors (Lipinski definition) is 1. The van der Waals surface area contributed by atoms with Gasteiger partial charge in [-0.05, 0) is 24.6 Å². The Hall–Kier alpha value is -1.10. The molecule has 1 aliphatic heterocycles. The zero-order chi connectivity index (χ0) is 13.0. The van der Waals surface area contributed by atoms with Crippen molar-refractivity contribution in [2.75, 3.05) is 13.7 Å². The van der Waals surface area contributed by atoms with E-state index in [0.717, 1.165) is 17.7 Å². The Kier molecular flexibility index (Phi) is 4.58. The minimum Gasteiger partial charge on any atom is -0.497 e. The van der Waals surface area contributed by atoms with Gasteiger partial charge in [0, 0.05) is 6.42 Å². The van der Waals surface area contributed by atoms with Crippen molar-refractivity contribution in [2.24, 2.45) is 0 Å². The van der Waals surface area contributed by atoms with Crippen molar-refractivity contribution < 1.29 is 19.3 Å². The summed E-state index contributed by atoms with van der Waals surface area (Å²) in [6.07, 6.45) is 1.16. The molecule has 0 bridgehead atoms. The highest BCUT2D eigenvalue weighted by molar-refractivity contribution is 5.26. The molecule has 1 heterocycles. The summed E-state index contributed by atoms with van der Waals surface area (Å²) >= 11 is 0. The normalized spacial score (nSPS) is 23.7. The van der Waals surface area contributed by atoms with E-state index >= 15 is 0 Å². The third kappa shape index (κ3) is 3.70. The van der Waals surface area contributed by atoms with Gasteiger partial charge in [-0.1, -0.05) is 12.1 Å². The van der Waals surface area contributed by atoms with Gasteiger partial charge in [-0.2, -0.15) is 0 Å². The van der Waals surface area contributed by atoms with Crippen LogP contribution in [0, 0.1) is 0 Å². The van der Waals surface area contributed by atoms with E-state index in [-0.39, 0.29) is 24.9 Å². The van der Waals surface area contributed by atoms with Crippen LogP contribution in [0.4, 0.5) is 0 Å². The summed E-state index contributed by atoms with van der Waals surface area (Å²) in [4.78, 5) is 0. The molecular formula is C14H20O4. The zero-order valence-corrected chi connectivity index (χ0v) is 10.8. The first kappa shape index (κ1) is 13.3. The number of ether oxygens (including phenoxy) is 3. The van der Waals surface area contributed by atoms with E-state index in [1.165, 1.54) is 0 Å². The average Bonchev–Trinajstić information content (AvgIpc) is 3.15. The number of epoxide rings is 1. The molecule has 3 atom stereocenters. The lowest BCUT2D eigenvalue weighted by atomic mass is 10.2. The van der Waals surface area contributed by atoms with Crippen LogP contribution in [0.2, 0.25) is 0 Å². The summed E-state index contributed by atoms with van der Waals surface area (Å²) in [5, 5.41) is 8.87. The van der Waals surface area contributed by atoms with Gasteiger partial charge in [-0.15, -0.1) is 0 Å². The second-order valence-corrected chi connectivity index (χ2v) is 4.60. The molecule has 1 fully saturated rings. The Balaban J connectivity index is 1.70. The topological polar surface area (TPSA) is 51.2 Å². The quantitative estimate of drug-likeness (QED) is 0.751. The first-order valence-corrected chi connectivity index (χ1v) is 6.23. The number of rotatable bonds is 7. The zero-order valence-electron chi connectivity index (χ0n) is 10.8. The summed E-state index contributed by atoms with van der Waals surface area (Å²) in [5.41, 5.74) is 1.12. The molecule has 1 saturated heterocycles. The molecule has 1 aliphatic rings. The van der Waals surface area contributed by atoms with E-state index in [4.69, 9.17) is 19.3 Å². The summed E-state index contributed by atoms with van der Waals surface area (Å²) in [7, 11) is 1.65. The molecule has 0 radical (unpaired) electrons. The third-order valence-electron chi connectivity index (χ3n) is 3.13. The molecule has 0 unspecified atom stereocenters. The maximum absolute atomic E-state index is 8.87. The highest BCUT2D eigenvalue weighted by Crippen LogP contribution is 2.27. The van der Waals surface area contributed by atoms with Crippen LogP contribution in [-0.2, 0) is 16.1 Å². The monoisotopic (exact) mass is 252 g/mol. The fraction of sp³-hybridized carbons (Fsp3) is 0.571. The maximum atomic E-state index is 8.87. The minimum absolute atomic E-state index is 0.0250. The van der Waals surface area contributed by atoms with E-state index in [0.29, 0.717) is 6.61 Å². The third-order valence-corrected chi connectivity index (χ3v) is 3.13. The number of hydrogen-bond acceptors (Lipinski definition) is 4. The van der Waals surface area contributed by atoms with Crippen LogP contribution in [0.15, 0.2) is 24.3 Å². The van der Waals surface area contributed by atoms with Gasteiger partial charge in [0.15, 0.2) is 0 Å². The Morgan fingerprint density at radius 3 is 2.56 bits per heavy atom. The molecule has 2 rings (SSSR count). The molecule has 4 nitrogen and oxygen atoms in total. The van der Waals surface area contributed by atoms with E-state index in [2.05, 4.69) is 0 Å². The number of methoxy groups -OCH3 is 1. The van der Waals surface area contributed by atoms with Gasteiger partial charge in [0.2, 0.25) is 0 Å². The standard InChI is InChI=1S/C14H20O4/c1-10(7-13-14(8-15)18-13)17-9-11-3-5-12(16-2)6-4-11/h3-6,10,13-15H,7-9H2,1-2H3/t10-,13+,14-/m1/s1. The second kappa shape index (κ2) is 6.18. The molecule has 100 valence electrons. The van der Waals surface area contributed by atoms with Gasteiger partial charge >= 0.3 is 0 Å². The maximum Gasteiger partial charge on any atom is 0.118 e. The largest absolute Gasteiger partial charge is 0.497 e. The minimum atomic E-state index is 0.0250. The van der Waals surface area contributed by atoms with E-state index < -0.39 is 0 Å². The Bertz CT molecular complexity index is 363. The van der Waals surface area contributed by atoms with E-state index in [9.17, 15) is 0 Å². The molecule has 1 N–H and O–H groups in total. The highest BCUT2D eigenvalue weighted by Gasteiger charge is 2.38. The van der Waals surface area contributed by atoms with Gasteiger partial charge in [0.05, 0.1) is 32.5 Å². The van der Waals surface area contributed by atoms with Crippen LogP contribution in [0.1, 0.15) is 18.9 Å². The van der Waals surface area contributed by atoms with Gasteiger partial charge in [0.1, 0.15) is 11.9 Å². The fourth-order valence-electron chi connectivity index (χ4n) is 1.90. The van der Waals surface area contributed by atoms with Crippen molar-refractivity contribution in [1.82, 2.24) is 0 Å². The predicted octanol–water partition coefficient (Wildman–Crippen LogP) is 1.75. The Morgan fingerprint density at radius 2 is 2.00 bits per heavy atom. The summed E-state index contributed by atoms with van der Waals surface area (Å²) < 4.78 is 16.1. The van der Waals surface area contributed by atoms with Crippen LogP contribution in [0.25, 0.3) is 0 Å². The molecule has 1 aromatic rings. The lowest BCUT2D eigenvalue weighted by Gasteiger charge is -2.12. The fourth-order valence-corrected chi connectivity index (χ4v) is 1.90. The molecule has 0 amide bonds. The highest BCUT2D eigenvalue weighted by atomic mass is 16.6. The molecular weight excluding hydrogens is 232 g/mol. The van der Waals surface area contributed by atoms with Crippen LogP contribution in [0.3, 0.4) is 0 Å². The SMILES string of the molecule is COc1ccc(CO[C@H](C)C[C@@H]2O[C@@H]2CO)cc1. The van der Waals surface area contributed by atoms with Crippen molar-refractivity contribution in [3.63, 3.8) is 0 Å². The van der Waals surface area contributed by atoms with Crippen molar-refractivity contribution >= 4 is 0 Å². The molecule has 1 aromatic carbocycles. The van der Waals surface area contributed by atoms with Gasteiger partial charge in [0.25, 0.3) is 0 Å². The molecule has 0 saturated carbocycles. The van der Waals surface area contributed by atoms with Crippen molar-refractivity contribution in [1.29, 1.82) is 0 Å². The van der Waals surface area contributed by atoms with Crippen LogP contribution in [-0.4, -0.2) is 37.1 Å². The molecule has 0 aromatic heterocycles. The van der Waals surface area contributed by atoms with Gasteiger partial charge in [-0.3, -0.25) is 0 Å². The molecule has 4 heteroatoms. The second-order valence-electron chi connectivity index (χ2n) is 4.60. The first-order chi connectivity index (χ1) is 8.72. The Labute approximate surface area is 107 Å². The van der Waals surface area contributed by atoms with E-state index in [1.807, 2.05) is 31.2 Å². The lowest BCUT2D eigenvalue weighted by molar-refractivity contribution is 0.0426. The molecule has 0 spiro atoms. The van der Waals surface area contributed by atoms with Crippen LogP contribution >= 0.6 is 0 Å². The van der Waals surface area contributed by atoms with Gasteiger partial charge in [-0.25, -0.2) is 0 Å². The Morgan fingerprint density at radius 1 is 1.28 bits per heavy atom. The van der Waals surface area contributed by atoms with Crippen molar-refractivity contribution in [2.45, 2.75) is 38.3 Å². The van der Waals surface area contributed by atoms with Crippen molar-refractivity contribution in [3.05, 3.63) is 29.8 Å². The summed E-state index contributed by atoms with van der Waals surface area (Å²) in [5.74, 6) is 0.851. The van der Waals surface area contributed by atoms with Crippen molar-refractivity contribution in [3.8, 4) is 5.75 Å². The lowest BCUT2D eigenvalue weighted by Crippen LogP contribution is -2.13.